The van der Waals surface area contributed by atoms with Gasteiger partial charge < -0.3 is 15.4 Å². The van der Waals surface area contributed by atoms with E-state index >= 15 is 0 Å². The largest absolute Gasteiger partial charge is 0.467 e. The van der Waals surface area contributed by atoms with Crippen LogP contribution in [-0.4, -0.2) is 45.7 Å². The second-order valence-corrected chi connectivity index (χ2v) is 6.31. The topological polar surface area (TPSA) is 77.2 Å². The molecular weight excluding hydrogens is 238 g/mol. The van der Waals surface area contributed by atoms with Gasteiger partial charge in [0.25, 0.3) is 0 Å². The fourth-order valence-electron chi connectivity index (χ4n) is 1.78. The van der Waals surface area contributed by atoms with Crippen molar-refractivity contribution >= 4 is 23.7 Å². The van der Waals surface area contributed by atoms with Crippen LogP contribution >= 0.6 is 11.8 Å². The van der Waals surface area contributed by atoms with E-state index in [9.17, 15) is 0 Å². The summed E-state index contributed by atoms with van der Waals surface area (Å²) in [7, 11) is 1.52. The predicted octanol–water partition coefficient (Wildman–Crippen LogP) is 0.794. The Hall–Kier alpha value is -1.24. The van der Waals surface area contributed by atoms with Crippen molar-refractivity contribution in [3.63, 3.8) is 0 Å². The third-order valence-corrected chi connectivity index (χ3v) is 3.81. The average molecular weight is 255 g/mol. The summed E-state index contributed by atoms with van der Waals surface area (Å²) in [6, 6.07) is 0.267. The van der Waals surface area contributed by atoms with Crippen molar-refractivity contribution in [2.24, 2.45) is 0 Å². The average Bonchev–Trinajstić information content (AvgIpc) is 2.27. The van der Waals surface area contributed by atoms with Gasteiger partial charge in [-0.2, -0.15) is 26.7 Å². The molecule has 1 aliphatic rings. The zero-order valence-electron chi connectivity index (χ0n) is 10.3. The number of anilines is 2. The summed E-state index contributed by atoms with van der Waals surface area (Å²) in [4.78, 5) is 14.4. The molecule has 0 unspecified atom stereocenters. The van der Waals surface area contributed by atoms with Gasteiger partial charge in [0.1, 0.15) is 0 Å². The summed E-state index contributed by atoms with van der Waals surface area (Å²) < 4.78 is 5.21. The Balaban J connectivity index is 2.24. The monoisotopic (exact) mass is 255 g/mol. The van der Waals surface area contributed by atoms with Crippen molar-refractivity contribution in [1.29, 1.82) is 0 Å². The Morgan fingerprint density at radius 2 is 2.12 bits per heavy atom. The summed E-state index contributed by atoms with van der Waals surface area (Å²) in [6.45, 7) is 6.24. The SMILES string of the molecule is COc1nc(N)nc(N2CCSC(C)(C)C2)n1. The molecule has 1 aromatic heterocycles. The number of ether oxygens (including phenoxy) is 1. The normalized spacial score (nSPS) is 19.1. The molecule has 6 nitrogen and oxygen atoms in total. The fraction of sp³-hybridized carbons (Fsp3) is 0.700. The molecule has 0 atom stereocenters. The molecule has 0 amide bonds. The minimum Gasteiger partial charge on any atom is -0.467 e. The van der Waals surface area contributed by atoms with Gasteiger partial charge >= 0.3 is 6.01 Å². The van der Waals surface area contributed by atoms with Crippen LogP contribution in [0.4, 0.5) is 11.9 Å². The number of nitrogens with two attached hydrogens (primary N) is 1. The molecule has 17 heavy (non-hydrogen) atoms. The molecule has 2 N–H and O–H groups in total. The van der Waals surface area contributed by atoms with Gasteiger partial charge in [-0.05, 0) is 13.8 Å². The van der Waals surface area contributed by atoms with Gasteiger partial charge in [-0.3, -0.25) is 0 Å². The molecule has 2 heterocycles. The van der Waals surface area contributed by atoms with E-state index in [4.69, 9.17) is 10.5 Å². The maximum Gasteiger partial charge on any atom is 0.322 e. The van der Waals surface area contributed by atoms with Gasteiger partial charge in [0.2, 0.25) is 11.9 Å². The van der Waals surface area contributed by atoms with Gasteiger partial charge in [-0.25, -0.2) is 0 Å². The maximum absolute atomic E-state index is 5.64. The first-order valence-corrected chi connectivity index (χ1v) is 6.43. The summed E-state index contributed by atoms with van der Waals surface area (Å²) in [5.74, 6) is 1.85. The second kappa shape index (κ2) is 4.56. The Labute approximate surface area is 105 Å². The van der Waals surface area contributed by atoms with Crippen LogP contribution in [0.3, 0.4) is 0 Å². The van der Waals surface area contributed by atoms with Crippen LogP contribution in [0.25, 0.3) is 0 Å². The van der Waals surface area contributed by atoms with Crippen molar-refractivity contribution in [3.05, 3.63) is 0 Å². The summed E-state index contributed by atoms with van der Waals surface area (Å²) >= 11 is 1.96. The highest BCUT2D eigenvalue weighted by atomic mass is 32.2. The van der Waals surface area contributed by atoms with Gasteiger partial charge in [0, 0.05) is 23.6 Å². The fourth-order valence-corrected chi connectivity index (χ4v) is 2.89. The lowest BCUT2D eigenvalue weighted by Gasteiger charge is -2.37. The van der Waals surface area contributed by atoms with Crippen LogP contribution in [-0.2, 0) is 0 Å². The van der Waals surface area contributed by atoms with Crippen LogP contribution in [0.1, 0.15) is 13.8 Å². The van der Waals surface area contributed by atoms with E-state index in [1.165, 1.54) is 7.11 Å². The smallest absolute Gasteiger partial charge is 0.322 e. The lowest BCUT2D eigenvalue weighted by Crippen LogP contribution is -2.44. The number of hydrogen-bond acceptors (Lipinski definition) is 7. The van der Waals surface area contributed by atoms with Gasteiger partial charge in [-0.1, -0.05) is 0 Å². The van der Waals surface area contributed by atoms with E-state index in [1.807, 2.05) is 11.8 Å². The molecule has 0 aliphatic carbocycles. The first-order valence-electron chi connectivity index (χ1n) is 5.45. The molecular formula is C10H17N5OS. The minimum absolute atomic E-state index is 0.197. The molecule has 0 radical (unpaired) electrons. The van der Waals surface area contributed by atoms with Crippen LogP contribution in [0.15, 0.2) is 0 Å². The first kappa shape index (κ1) is 12.2. The zero-order chi connectivity index (χ0) is 12.5. The van der Waals surface area contributed by atoms with Crippen LogP contribution < -0.4 is 15.4 Å². The summed E-state index contributed by atoms with van der Waals surface area (Å²) in [5.41, 5.74) is 5.64. The van der Waals surface area contributed by atoms with Crippen molar-refractivity contribution in [3.8, 4) is 6.01 Å². The highest BCUT2D eigenvalue weighted by Crippen LogP contribution is 2.31. The predicted molar refractivity (Wildman–Crippen MR) is 69.5 cm³/mol. The van der Waals surface area contributed by atoms with E-state index in [0.717, 1.165) is 18.8 Å². The lowest BCUT2D eigenvalue weighted by molar-refractivity contribution is 0.378. The number of rotatable bonds is 2. The number of aromatic nitrogens is 3. The summed E-state index contributed by atoms with van der Waals surface area (Å²) in [6.07, 6.45) is 0. The molecule has 7 heteroatoms. The Morgan fingerprint density at radius 3 is 2.76 bits per heavy atom. The number of hydrogen-bond donors (Lipinski definition) is 1. The Kier molecular flexibility index (Phi) is 3.28. The molecule has 1 saturated heterocycles. The molecule has 0 aromatic carbocycles. The van der Waals surface area contributed by atoms with E-state index in [0.29, 0.717) is 5.95 Å². The van der Waals surface area contributed by atoms with Crippen molar-refractivity contribution in [2.75, 3.05) is 36.6 Å². The van der Waals surface area contributed by atoms with Crippen LogP contribution in [0, 0.1) is 0 Å². The number of nitrogen functional groups attached to an aromatic ring is 1. The molecule has 94 valence electrons. The van der Waals surface area contributed by atoms with E-state index < -0.39 is 0 Å². The third-order valence-electron chi connectivity index (χ3n) is 2.51. The highest BCUT2D eigenvalue weighted by molar-refractivity contribution is 8.00. The molecule has 1 aliphatic heterocycles. The molecule has 0 bridgehead atoms. The molecule has 0 spiro atoms. The number of thioether (sulfide) groups is 1. The highest BCUT2D eigenvalue weighted by Gasteiger charge is 2.28. The zero-order valence-corrected chi connectivity index (χ0v) is 11.1. The molecule has 1 aromatic rings. The lowest BCUT2D eigenvalue weighted by atomic mass is 10.2. The van der Waals surface area contributed by atoms with Crippen LogP contribution in [0.5, 0.6) is 6.01 Å². The van der Waals surface area contributed by atoms with Crippen molar-refractivity contribution in [1.82, 2.24) is 15.0 Å². The molecule has 2 rings (SSSR count). The molecule has 0 saturated carbocycles. The third kappa shape index (κ3) is 2.91. The van der Waals surface area contributed by atoms with Crippen molar-refractivity contribution < 1.29 is 4.74 Å². The van der Waals surface area contributed by atoms with Gasteiger partial charge in [-0.15, -0.1) is 0 Å². The quantitative estimate of drug-likeness (QED) is 0.837. The molecule has 1 fully saturated rings. The Bertz CT molecular complexity index is 412. The number of methoxy groups -OCH3 is 1. The first-order chi connectivity index (χ1) is 8.00. The van der Waals surface area contributed by atoms with Gasteiger partial charge in [0.15, 0.2) is 0 Å². The van der Waals surface area contributed by atoms with E-state index in [-0.39, 0.29) is 16.7 Å². The van der Waals surface area contributed by atoms with Gasteiger partial charge in [0.05, 0.1) is 7.11 Å². The maximum atomic E-state index is 5.64. The standard InChI is InChI=1S/C10H17N5OS/c1-10(2)6-15(4-5-17-10)8-12-7(11)13-9(14-8)16-3/h4-6H2,1-3H3,(H2,11,12,13,14). The van der Waals surface area contributed by atoms with E-state index in [1.54, 1.807) is 0 Å². The Morgan fingerprint density at radius 1 is 1.35 bits per heavy atom. The summed E-state index contributed by atoms with van der Waals surface area (Å²) in [5, 5.41) is 0. The number of nitrogens with zero attached hydrogens (tertiary/aromatic N) is 4. The second-order valence-electron chi connectivity index (χ2n) is 4.51. The van der Waals surface area contributed by atoms with E-state index in [2.05, 4.69) is 33.7 Å². The van der Waals surface area contributed by atoms with Crippen LogP contribution in [0.2, 0.25) is 0 Å². The minimum atomic E-state index is 0.197. The van der Waals surface area contributed by atoms with Crippen molar-refractivity contribution in [2.45, 2.75) is 18.6 Å².